The summed E-state index contributed by atoms with van der Waals surface area (Å²) in [6, 6.07) is 4.95. The zero-order valence-electron chi connectivity index (χ0n) is 8.09. The van der Waals surface area contributed by atoms with Crippen LogP contribution in [0.4, 0.5) is 0 Å². The number of phenols is 1. The SMILES string of the molecule is CCCCC(=O)c1ccc(Br)cc1O. The topological polar surface area (TPSA) is 37.3 Å². The molecule has 0 amide bonds. The molecule has 3 heteroatoms. The number of unbranched alkanes of at least 4 members (excludes halogenated alkanes) is 1. The third-order valence-electron chi connectivity index (χ3n) is 2.02. The van der Waals surface area contributed by atoms with E-state index in [1.54, 1.807) is 18.2 Å². The zero-order valence-corrected chi connectivity index (χ0v) is 9.67. The van der Waals surface area contributed by atoms with E-state index < -0.39 is 0 Å². The van der Waals surface area contributed by atoms with Gasteiger partial charge in [-0.25, -0.2) is 0 Å². The maximum atomic E-state index is 11.6. The van der Waals surface area contributed by atoms with Crippen LogP contribution in [0.5, 0.6) is 5.75 Å². The summed E-state index contributed by atoms with van der Waals surface area (Å²) in [6.07, 6.45) is 2.36. The van der Waals surface area contributed by atoms with Crippen molar-refractivity contribution in [2.75, 3.05) is 0 Å². The van der Waals surface area contributed by atoms with Crippen LogP contribution in [0.2, 0.25) is 0 Å². The van der Waals surface area contributed by atoms with Crippen molar-refractivity contribution in [1.29, 1.82) is 0 Å². The number of carbonyl (C=O) groups is 1. The number of Topliss-reactive ketones (excluding diaryl/α,β-unsaturated/α-hetero) is 1. The number of rotatable bonds is 4. The van der Waals surface area contributed by atoms with Crippen LogP contribution < -0.4 is 0 Å². The first-order chi connectivity index (χ1) is 6.65. The van der Waals surface area contributed by atoms with Crippen LogP contribution in [-0.4, -0.2) is 10.9 Å². The molecule has 0 fully saturated rings. The Hall–Kier alpha value is -0.830. The van der Waals surface area contributed by atoms with Gasteiger partial charge in [0.05, 0.1) is 5.56 Å². The van der Waals surface area contributed by atoms with E-state index in [1.165, 1.54) is 0 Å². The number of aromatic hydroxyl groups is 1. The number of ketones is 1. The molecule has 0 aliphatic heterocycles. The highest BCUT2D eigenvalue weighted by molar-refractivity contribution is 9.10. The van der Waals surface area contributed by atoms with Crippen LogP contribution >= 0.6 is 15.9 Å². The largest absolute Gasteiger partial charge is 0.507 e. The normalized spacial score (nSPS) is 10.1. The average molecular weight is 257 g/mol. The van der Waals surface area contributed by atoms with E-state index in [1.807, 2.05) is 6.92 Å². The van der Waals surface area contributed by atoms with Crippen molar-refractivity contribution in [2.45, 2.75) is 26.2 Å². The minimum absolute atomic E-state index is 0.0110. The molecule has 0 atom stereocenters. The summed E-state index contributed by atoms with van der Waals surface area (Å²) >= 11 is 3.23. The van der Waals surface area contributed by atoms with Gasteiger partial charge in [-0.15, -0.1) is 0 Å². The predicted molar refractivity (Wildman–Crippen MR) is 59.7 cm³/mol. The highest BCUT2D eigenvalue weighted by Gasteiger charge is 2.10. The van der Waals surface area contributed by atoms with Crippen molar-refractivity contribution >= 4 is 21.7 Å². The molecule has 0 saturated heterocycles. The molecule has 1 rings (SSSR count). The summed E-state index contributed by atoms with van der Waals surface area (Å²) < 4.78 is 0.780. The third-order valence-corrected chi connectivity index (χ3v) is 2.51. The van der Waals surface area contributed by atoms with Crippen molar-refractivity contribution in [1.82, 2.24) is 0 Å². The molecule has 1 N–H and O–H groups in total. The summed E-state index contributed by atoms with van der Waals surface area (Å²) in [4.78, 5) is 11.6. The second-order valence-corrected chi connectivity index (χ2v) is 4.10. The standard InChI is InChI=1S/C11H13BrO2/c1-2-3-4-10(13)9-6-5-8(12)7-11(9)14/h5-7,14H,2-4H2,1H3. The number of hydrogen-bond acceptors (Lipinski definition) is 2. The van der Waals surface area contributed by atoms with Gasteiger partial charge < -0.3 is 5.11 Å². The van der Waals surface area contributed by atoms with Crippen LogP contribution in [0.15, 0.2) is 22.7 Å². The lowest BCUT2D eigenvalue weighted by atomic mass is 10.1. The van der Waals surface area contributed by atoms with E-state index in [4.69, 9.17) is 0 Å². The second kappa shape index (κ2) is 5.15. The van der Waals surface area contributed by atoms with E-state index in [2.05, 4.69) is 15.9 Å². The fraction of sp³-hybridized carbons (Fsp3) is 0.364. The van der Waals surface area contributed by atoms with Gasteiger partial charge in [0.25, 0.3) is 0 Å². The average Bonchev–Trinajstić information content (AvgIpc) is 2.14. The number of hydrogen-bond donors (Lipinski definition) is 1. The first kappa shape index (κ1) is 11.2. The number of carbonyl (C=O) groups excluding carboxylic acids is 1. The minimum Gasteiger partial charge on any atom is -0.507 e. The first-order valence-electron chi connectivity index (χ1n) is 4.67. The fourth-order valence-corrected chi connectivity index (χ4v) is 1.56. The molecule has 0 aliphatic rings. The monoisotopic (exact) mass is 256 g/mol. The van der Waals surface area contributed by atoms with Gasteiger partial charge in [0.15, 0.2) is 5.78 Å². The summed E-state index contributed by atoms with van der Waals surface area (Å²) in [7, 11) is 0. The summed E-state index contributed by atoms with van der Waals surface area (Å²) in [5.41, 5.74) is 0.418. The minimum atomic E-state index is 0.0110. The van der Waals surface area contributed by atoms with Crippen LogP contribution in [-0.2, 0) is 0 Å². The lowest BCUT2D eigenvalue weighted by Gasteiger charge is -2.03. The van der Waals surface area contributed by atoms with Gasteiger partial charge in [-0.1, -0.05) is 29.3 Å². The highest BCUT2D eigenvalue weighted by Crippen LogP contribution is 2.23. The van der Waals surface area contributed by atoms with E-state index in [0.29, 0.717) is 12.0 Å². The molecule has 0 radical (unpaired) electrons. The van der Waals surface area contributed by atoms with E-state index >= 15 is 0 Å². The molecule has 0 saturated carbocycles. The molecule has 0 unspecified atom stereocenters. The maximum absolute atomic E-state index is 11.6. The molecule has 14 heavy (non-hydrogen) atoms. The Kier molecular flexibility index (Phi) is 4.14. The highest BCUT2D eigenvalue weighted by atomic mass is 79.9. The number of halogens is 1. The smallest absolute Gasteiger partial charge is 0.166 e. The zero-order chi connectivity index (χ0) is 10.6. The Bertz CT molecular complexity index is 334. The van der Waals surface area contributed by atoms with Crippen molar-refractivity contribution in [3.05, 3.63) is 28.2 Å². The quantitative estimate of drug-likeness (QED) is 0.838. The molecule has 2 nitrogen and oxygen atoms in total. The van der Waals surface area contributed by atoms with Gasteiger partial charge >= 0.3 is 0 Å². The lowest BCUT2D eigenvalue weighted by Crippen LogP contribution is -1.98. The van der Waals surface area contributed by atoms with Gasteiger partial charge in [-0.2, -0.15) is 0 Å². The van der Waals surface area contributed by atoms with Crippen LogP contribution in [0, 0.1) is 0 Å². The van der Waals surface area contributed by atoms with Crippen molar-refractivity contribution in [3.8, 4) is 5.75 Å². The van der Waals surface area contributed by atoms with Crippen LogP contribution in [0.25, 0.3) is 0 Å². The Morgan fingerprint density at radius 2 is 2.21 bits per heavy atom. The Morgan fingerprint density at radius 1 is 1.50 bits per heavy atom. The Balaban J connectivity index is 2.80. The maximum Gasteiger partial charge on any atom is 0.166 e. The molecule has 0 heterocycles. The summed E-state index contributed by atoms with van der Waals surface area (Å²) in [6.45, 7) is 2.04. The summed E-state index contributed by atoms with van der Waals surface area (Å²) in [5, 5.41) is 9.51. The van der Waals surface area contributed by atoms with Gasteiger partial charge in [0.1, 0.15) is 5.75 Å². The number of benzene rings is 1. The van der Waals surface area contributed by atoms with E-state index in [-0.39, 0.29) is 11.5 Å². The fourth-order valence-electron chi connectivity index (χ4n) is 1.21. The molecule has 0 bridgehead atoms. The predicted octanol–water partition coefficient (Wildman–Crippen LogP) is 3.53. The van der Waals surface area contributed by atoms with Crippen LogP contribution in [0.1, 0.15) is 36.5 Å². The second-order valence-electron chi connectivity index (χ2n) is 3.19. The molecule has 76 valence electrons. The van der Waals surface area contributed by atoms with Crippen molar-refractivity contribution < 1.29 is 9.90 Å². The molecule has 0 aliphatic carbocycles. The molecule has 0 spiro atoms. The lowest BCUT2D eigenvalue weighted by molar-refractivity contribution is 0.0977. The Morgan fingerprint density at radius 3 is 2.79 bits per heavy atom. The van der Waals surface area contributed by atoms with Gasteiger partial charge in [-0.05, 0) is 24.6 Å². The van der Waals surface area contributed by atoms with Gasteiger partial charge in [-0.3, -0.25) is 4.79 Å². The first-order valence-corrected chi connectivity index (χ1v) is 5.46. The van der Waals surface area contributed by atoms with E-state index in [0.717, 1.165) is 17.3 Å². The molecule has 1 aromatic rings. The molecule has 0 aromatic heterocycles. The third kappa shape index (κ3) is 2.84. The molecular formula is C11H13BrO2. The van der Waals surface area contributed by atoms with Crippen LogP contribution in [0.3, 0.4) is 0 Å². The van der Waals surface area contributed by atoms with Gasteiger partial charge in [0, 0.05) is 10.9 Å². The van der Waals surface area contributed by atoms with E-state index in [9.17, 15) is 9.90 Å². The molecule has 1 aromatic carbocycles. The number of phenolic OH excluding ortho intramolecular Hbond substituents is 1. The van der Waals surface area contributed by atoms with Crippen molar-refractivity contribution in [3.63, 3.8) is 0 Å². The molecular weight excluding hydrogens is 244 g/mol. The van der Waals surface area contributed by atoms with Crippen molar-refractivity contribution in [2.24, 2.45) is 0 Å². The van der Waals surface area contributed by atoms with Gasteiger partial charge in [0.2, 0.25) is 0 Å². The summed E-state index contributed by atoms with van der Waals surface area (Å²) in [5.74, 6) is 0.0670. The Labute approximate surface area is 92.1 Å².